The summed E-state index contributed by atoms with van der Waals surface area (Å²) in [4.78, 5) is 29.2. The smallest absolute Gasteiger partial charge is 0.407 e. The summed E-state index contributed by atoms with van der Waals surface area (Å²) < 4.78 is 10.5. The molecule has 0 aromatic carbocycles. The molecular formula is C18H24N4O4S. The summed E-state index contributed by atoms with van der Waals surface area (Å²) in [7, 11) is 0. The molecule has 9 heteroatoms. The molecule has 3 rings (SSSR count). The molecule has 1 fully saturated rings. The third-order valence-electron chi connectivity index (χ3n) is 4.25. The summed E-state index contributed by atoms with van der Waals surface area (Å²) in [6.07, 6.45) is 4.02. The lowest BCUT2D eigenvalue weighted by Crippen LogP contribution is -2.33. The average Bonchev–Trinajstić information content (AvgIpc) is 3.28. The summed E-state index contributed by atoms with van der Waals surface area (Å²) in [6.45, 7) is 5.61. The van der Waals surface area contributed by atoms with Crippen LogP contribution in [0.3, 0.4) is 0 Å². The second kappa shape index (κ2) is 8.51. The van der Waals surface area contributed by atoms with Gasteiger partial charge in [-0.05, 0) is 46.0 Å². The van der Waals surface area contributed by atoms with Gasteiger partial charge in [0.15, 0.2) is 5.13 Å². The first-order valence-corrected chi connectivity index (χ1v) is 9.85. The van der Waals surface area contributed by atoms with E-state index in [0.29, 0.717) is 16.8 Å². The number of nitrogens with one attached hydrogen (secondary N) is 2. The molecule has 2 aromatic heterocycles. The van der Waals surface area contributed by atoms with Gasteiger partial charge in [0.25, 0.3) is 0 Å². The number of carbonyl (C=O) groups is 2. The minimum atomic E-state index is -0.365. The quantitative estimate of drug-likeness (QED) is 0.780. The lowest BCUT2D eigenvalue weighted by atomic mass is 10.1. The molecule has 0 aliphatic heterocycles. The molecule has 0 saturated heterocycles. The van der Waals surface area contributed by atoms with Gasteiger partial charge in [0.2, 0.25) is 5.91 Å². The zero-order chi connectivity index (χ0) is 19.4. The van der Waals surface area contributed by atoms with Crippen molar-refractivity contribution in [3.05, 3.63) is 28.6 Å². The third-order valence-corrected chi connectivity index (χ3v) is 5.32. The molecule has 1 aliphatic rings. The minimum Gasteiger partial charge on any atom is -0.446 e. The Morgan fingerprint density at radius 1 is 1.41 bits per heavy atom. The van der Waals surface area contributed by atoms with Crippen LogP contribution in [0.4, 0.5) is 9.93 Å². The van der Waals surface area contributed by atoms with Crippen molar-refractivity contribution in [2.24, 2.45) is 0 Å². The van der Waals surface area contributed by atoms with Crippen molar-refractivity contribution < 1.29 is 18.8 Å². The maximum Gasteiger partial charge on any atom is 0.407 e. The second-order valence-electron chi connectivity index (χ2n) is 7.06. The Hall–Kier alpha value is -2.42. The molecule has 0 spiro atoms. The topological polar surface area (TPSA) is 106 Å². The van der Waals surface area contributed by atoms with Gasteiger partial charge in [0.1, 0.15) is 11.9 Å². The Balaban J connectivity index is 1.49. The lowest BCUT2D eigenvalue weighted by Gasteiger charge is -2.14. The van der Waals surface area contributed by atoms with Crippen molar-refractivity contribution in [1.29, 1.82) is 0 Å². The van der Waals surface area contributed by atoms with E-state index in [1.807, 2.05) is 20.8 Å². The maximum absolute atomic E-state index is 12.1. The lowest BCUT2D eigenvalue weighted by molar-refractivity contribution is -0.115. The number of thiazole rings is 1. The SMILES string of the molecule is Cc1cc(CC(=O)Nc2ncc(C3CCC(OC(=O)NC(C)C)C3)s2)on1. The molecule has 0 bridgehead atoms. The number of aromatic nitrogens is 2. The number of alkyl carbamates (subject to hydrolysis) is 1. The summed E-state index contributed by atoms with van der Waals surface area (Å²) >= 11 is 1.46. The highest BCUT2D eigenvalue weighted by Crippen LogP contribution is 2.39. The van der Waals surface area contributed by atoms with Crippen LogP contribution in [-0.2, 0) is 16.0 Å². The van der Waals surface area contributed by atoms with Gasteiger partial charge in [-0.2, -0.15) is 0 Å². The molecule has 1 saturated carbocycles. The van der Waals surface area contributed by atoms with E-state index in [0.717, 1.165) is 29.8 Å². The second-order valence-corrected chi connectivity index (χ2v) is 8.13. The first-order valence-electron chi connectivity index (χ1n) is 9.04. The molecule has 2 heterocycles. The van der Waals surface area contributed by atoms with Crippen LogP contribution in [0.5, 0.6) is 0 Å². The van der Waals surface area contributed by atoms with Crippen LogP contribution in [0.15, 0.2) is 16.8 Å². The molecule has 2 N–H and O–H groups in total. The number of anilines is 1. The summed E-state index contributed by atoms with van der Waals surface area (Å²) in [5, 5.41) is 9.87. The fraction of sp³-hybridized carbons (Fsp3) is 0.556. The Morgan fingerprint density at radius 2 is 2.22 bits per heavy atom. The van der Waals surface area contributed by atoms with Gasteiger partial charge in [-0.3, -0.25) is 4.79 Å². The number of ether oxygens (including phenoxy) is 1. The monoisotopic (exact) mass is 392 g/mol. The van der Waals surface area contributed by atoms with Crippen LogP contribution >= 0.6 is 11.3 Å². The Morgan fingerprint density at radius 3 is 2.93 bits per heavy atom. The van der Waals surface area contributed by atoms with Crippen LogP contribution in [0.1, 0.15) is 55.4 Å². The van der Waals surface area contributed by atoms with Gasteiger partial charge in [-0.25, -0.2) is 9.78 Å². The van der Waals surface area contributed by atoms with E-state index in [1.165, 1.54) is 11.3 Å². The highest BCUT2D eigenvalue weighted by Gasteiger charge is 2.30. The Bertz CT molecular complexity index is 801. The number of hydrogen-bond donors (Lipinski definition) is 2. The van der Waals surface area contributed by atoms with Crippen molar-refractivity contribution in [1.82, 2.24) is 15.5 Å². The summed E-state index contributed by atoms with van der Waals surface area (Å²) in [5.74, 6) is 0.629. The Labute approximate surface area is 161 Å². The molecule has 8 nitrogen and oxygen atoms in total. The number of amides is 2. The Kier molecular flexibility index (Phi) is 6.10. The largest absolute Gasteiger partial charge is 0.446 e. The molecule has 2 atom stereocenters. The predicted octanol–water partition coefficient (Wildman–Crippen LogP) is 3.39. The van der Waals surface area contributed by atoms with E-state index in [4.69, 9.17) is 9.26 Å². The van der Waals surface area contributed by atoms with E-state index in [2.05, 4.69) is 20.8 Å². The van der Waals surface area contributed by atoms with Gasteiger partial charge in [0, 0.05) is 23.2 Å². The number of carbonyl (C=O) groups excluding carboxylic acids is 2. The van der Waals surface area contributed by atoms with Crippen molar-refractivity contribution in [3.8, 4) is 0 Å². The molecule has 2 amide bonds. The minimum absolute atomic E-state index is 0.0586. The maximum atomic E-state index is 12.1. The summed E-state index contributed by atoms with van der Waals surface area (Å²) in [5.41, 5.74) is 0.745. The van der Waals surface area contributed by atoms with Gasteiger partial charge in [0.05, 0.1) is 12.1 Å². The fourth-order valence-corrected chi connectivity index (χ4v) is 4.06. The average molecular weight is 392 g/mol. The van der Waals surface area contributed by atoms with Crippen LogP contribution in [-0.4, -0.2) is 34.3 Å². The zero-order valence-electron chi connectivity index (χ0n) is 15.7. The molecule has 27 heavy (non-hydrogen) atoms. The van der Waals surface area contributed by atoms with Gasteiger partial charge < -0.3 is 19.9 Å². The molecule has 1 aliphatic carbocycles. The van der Waals surface area contributed by atoms with Gasteiger partial charge >= 0.3 is 6.09 Å². The number of nitrogens with zero attached hydrogens (tertiary/aromatic N) is 2. The molecule has 146 valence electrons. The highest BCUT2D eigenvalue weighted by molar-refractivity contribution is 7.15. The third kappa shape index (κ3) is 5.53. The first-order chi connectivity index (χ1) is 12.9. The van der Waals surface area contributed by atoms with Crippen LogP contribution in [0.2, 0.25) is 0 Å². The molecular weight excluding hydrogens is 368 g/mol. The van der Waals surface area contributed by atoms with Crippen LogP contribution < -0.4 is 10.6 Å². The molecule has 2 unspecified atom stereocenters. The van der Waals surface area contributed by atoms with Crippen LogP contribution in [0.25, 0.3) is 0 Å². The van der Waals surface area contributed by atoms with Gasteiger partial charge in [-0.1, -0.05) is 5.16 Å². The van der Waals surface area contributed by atoms with E-state index < -0.39 is 0 Å². The van der Waals surface area contributed by atoms with Crippen LogP contribution in [0, 0.1) is 6.92 Å². The van der Waals surface area contributed by atoms with Crippen molar-refractivity contribution in [3.63, 3.8) is 0 Å². The normalized spacial score (nSPS) is 19.3. The molecule has 2 aromatic rings. The van der Waals surface area contributed by atoms with E-state index in [1.54, 1.807) is 12.3 Å². The summed E-state index contributed by atoms with van der Waals surface area (Å²) in [6, 6.07) is 1.80. The van der Waals surface area contributed by atoms with E-state index in [9.17, 15) is 9.59 Å². The molecule has 0 radical (unpaired) electrons. The predicted molar refractivity (Wildman–Crippen MR) is 101 cm³/mol. The first kappa shape index (κ1) is 19.3. The number of aryl methyl sites for hydroxylation is 1. The number of rotatable bonds is 6. The van der Waals surface area contributed by atoms with E-state index in [-0.39, 0.29) is 30.6 Å². The van der Waals surface area contributed by atoms with Crippen molar-refractivity contribution in [2.45, 2.75) is 64.5 Å². The standard InChI is InChI=1S/C18H24N4O4S/c1-10(2)20-18(24)25-13-5-4-12(7-13)15-9-19-17(27-15)21-16(23)8-14-6-11(3)22-26-14/h6,9-10,12-13H,4-5,7-8H2,1-3H3,(H,20,24)(H,19,21,23). The highest BCUT2D eigenvalue weighted by atomic mass is 32.1. The number of hydrogen-bond acceptors (Lipinski definition) is 7. The van der Waals surface area contributed by atoms with Crippen molar-refractivity contribution in [2.75, 3.05) is 5.32 Å². The zero-order valence-corrected chi connectivity index (χ0v) is 16.5. The fourth-order valence-electron chi connectivity index (χ4n) is 3.08. The van der Waals surface area contributed by atoms with Gasteiger partial charge in [-0.15, -0.1) is 11.3 Å². The van der Waals surface area contributed by atoms with E-state index >= 15 is 0 Å². The van der Waals surface area contributed by atoms with Crippen molar-refractivity contribution >= 4 is 28.5 Å².